The van der Waals surface area contributed by atoms with Crippen LogP contribution in [0.2, 0.25) is 0 Å². The summed E-state index contributed by atoms with van der Waals surface area (Å²) in [7, 11) is 0. The van der Waals surface area contributed by atoms with Gasteiger partial charge in [-0.05, 0) is 103 Å². The van der Waals surface area contributed by atoms with Crippen LogP contribution in [-0.2, 0) is 20.9 Å². The number of allylic oxidation sites excluding steroid dienone is 6. The van der Waals surface area contributed by atoms with Gasteiger partial charge in [0.25, 0.3) is 0 Å². The van der Waals surface area contributed by atoms with E-state index in [1.54, 1.807) is 0 Å². The van der Waals surface area contributed by atoms with Crippen LogP contribution in [0.25, 0.3) is 6.08 Å². The molecule has 2 rings (SSSR count). The predicted octanol–water partition coefficient (Wildman–Crippen LogP) is 8.75. The fraction of sp³-hybridized carbons (Fsp3) is 0.571. The van der Waals surface area contributed by atoms with Gasteiger partial charge in [0.05, 0.1) is 12.7 Å². The molecular formula is C35H52O4. The van der Waals surface area contributed by atoms with Gasteiger partial charge in [0.1, 0.15) is 12.2 Å². The molecule has 39 heavy (non-hydrogen) atoms. The van der Waals surface area contributed by atoms with Crippen LogP contribution in [0.4, 0.5) is 0 Å². The third-order valence-corrected chi connectivity index (χ3v) is 6.90. The fourth-order valence-corrected chi connectivity index (χ4v) is 4.75. The molecule has 0 amide bonds. The lowest BCUT2D eigenvalue weighted by Gasteiger charge is -2.23. The summed E-state index contributed by atoms with van der Waals surface area (Å²) >= 11 is 0. The quantitative estimate of drug-likeness (QED) is 0.147. The summed E-state index contributed by atoms with van der Waals surface area (Å²) < 4.78 is 10.8. The summed E-state index contributed by atoms with van der Waals surface area (Å²) in [5.74, 6) is 0.727. The molecule has 0 saturated heterocycles. The van der Waals surface area contributed by atoms with Crippen molar-refractivity contribution in [2.24, 2.45) is 11.8 Å². The van der Waals surface area contributed by atoms with E-state index in [9.17, 15) is 9.90 Å². The summed E-state index contributed by atoms with van der Waals surface area (Å²) in [4.78, 5) is 11.8. The highest BCUT2D eigenvalue weighted by atomic mass is 16.6. The number of carbonyl (C=O) groups is 1. The van der Waals surface area contributed by atoms with Gasteiger partial charge >= 0.3 is 5.97 Å². The van der Waals surface area contributed by atoms with Gasteiger partial charge in [-0.3, -0.25) is 0 Å². The molecule has 1 N–H and O–H groups in total. The molecule has 3 atom stereocenters. The van der Waals surface area contributed by atoms with Gasteiger partial charge in [-0.1, -0.05) is 85.2 Å². The van der Waals surface area contributed by atoms with Gasteiger partial charge < -0.3 is 14.6 Å². The molecule has 0 aliphatic heterocycles. The Bertz CT molecular complexity index is 971. The number of benzene rings is 1. The van der Waals surface area contributed by atoms with Crippen molar-refractivity contribution >= 4 is 12.0 Å². The smallest absolute Gasteiger partial charge is 0.332 e. The minimum absolute atomic E-state index is 0.0434. The number of hydrogen-bond donors (Lipinski definition) is 1. The molecule has 0 spiro atoms. The van der Waals surface area contributed by atoms with Crippen molar-refractivity contribution in [2.75, 3.05) is 6.61 Å². The second kappa shape index (κ2) is 17.3. The van der Waals surface area contributed by atoms with Gasteiger partial charge in [-0.25, -0.2) is 4.79 Å². The zero-order chi connectivity index (χ0) is 28.7. The van der Waals surface area contributed by atoms with E-state index in [0.29, 0.717) is 18.4 Å². The van der Waals surface area contributed by atoms with Crippen molar-refractivity contribution < 1.29 is 19.4 Å². The Balaban J connectivity index is 1.82. The second-order valence-electron chi connectivity index (χ2n) is 12.3. The first-order chi connectivity index (χ1) is 18.5. The van der Waals surface area contributed by atoms with Crippen molar-refractivity contribution in [3.63, 3.8) is 0 Å². The Morgan fingerprint density at radius 1 is 1.08 bits per heavy atom. The summed E-state index contributed by atoms with van der Waals surface area (Å²) in [6.45, 7) is 12.5. The lowest BCUT2D eigenvalue weighted by Crippen LogP contribution is -2.26. The molecule has 1 saturated carbocycles. The second-order valence-corrected chi connectivity index (χ2v) is 12.3. The van der Waals surface area contributed by atoms with Crippen LogP contribution in [0.5, 0.6) is 0 Å². The summed E-state index contributed by atoms with van der Waals surface area (Å²) in [5.41, 5.74) is 4.57. The Morgan fingerprint density at radius 3 is 2.51 bits per heavy atom. The minimum atomic E-state index is -0.497. The average Bonchev–Trinajstić information content (AvgIpc) is 2.86. The standard InChI is InChI=1S/C35H52O4/c1-27(2)12-11-13-28(3)18-23-33(36)17-10-9-15-31-14-7-8-16-32(31)24-29-19-21-30(22-20-29)25-38-26-34(37)39-35(4,5)6/h9-10,12,15,17,19-22,24,28,31,33,36H,7-8,11,13-14,16,18,23,25-26H2,1-6H3/b15-9+,17-10+,32-24+. The Labute approximate surface area is 237 Å². The lowest BCUT2D eigenvalue weighted by molar-refractivity contribution is -0.160. The lowest BCUT2D eigenvalue weighted by atomic mass is 9.83. The first-order valence-electron chi connectivity index (χ1n) is 14.8. The third kappa shape index (κ3) is 15.1. The molecule has 0 aromatic heterocycles. The van der Waals surface area contributed by atoms with Crippen LogP contribution < -0.4 is 0 Å². The number of rotatable bonds is 14. The number of carbonyl (C=O) groups excluding carboxylic acids is 1. The number of aliphatic hydroxyl groups is 1. The normalized spacial score (nSPS) is 18.9. The van der Waals surface area contributed by atoms with E-state index in [2.05, 4.69) is 69.3 Å². The largest absolute Gasteiger partial charge is 0.458 e. The van der Waals surface area contributed by atoms with E-state index in [-0.39, 0.29) is 18.7 Å². The molecule has 3 unspecified atom stereocenters. The topological polar surface area (TPSA) is 55.8 Å². The highest BCUT2D eigenvalue weighted by Gasteiger charge is 2.17. The van der Waals surface area contributed by atoms with Crippen LogP contribution >= 0.6 is 0 Å². The maximum atomic E-state index is 11.8. The zero-order valence-corrected chi connectivity index (χ0v) is 25.2. The number of hydrogen-bond acceptors (Lipinski definition) is 4. The van der Waals surface area contributed by atoms with Crippen molar-refractivity contribution in [3.05, 3.63) is 76.9 Å². The number of ether oxygens (including phenoxy) is 2. The molecule has 1 fully saturated rings. The van der Waals surface area contributed by atoms with Crippen molar-refractivity contribution in [1.82, 2.24) is 0 Å². The van der Waals surface area contributed by atoms with E-state index < -0.39 is 5.60 Å². The van der Waals surface area contributed by atoms with E-state index >= 15 is 0 Å². The van der Waals surface area contributed by atoms with Crippen molar-refractivity contribution in [1.29, 1.82) is 0 Å². The van der Waals surface area contributed by atoms with Crippen LogP contribution in [0.15, 0.2) is 65.8 Å². The van der Waals surface area contributed by atoms with E-state index in [0.717, 1.165) is 31.2 Å². The van der Waals surface area contributed by atoms with E-state index in [1.165, 1.54) is 42.4 Å². The molecular weight excluding hydrogens is 484 g/mol. The third-order valence-electron chi connectivity index (χ3n) is 6.90. The fourth-order valence-electron chi connectivity index (χ4n) is 4.75. The molecule has 4 nitrogen and oxygen atoms in total. The zero-order valence-electron chi connectivity index (χ0n) is 25.2. The van der Waals surface area contributed by atoms with E-state index in [4.69, 9.17) is 9.47 Å². The monoisotopic (exact) mass is 536 g/mol. The molecule has 216 valence electrons. The summed E-state index contributed by atoms with van der Waals surface area (Å²) in [6.07, 6.45) is 21.5. The van der Waals surface area contributed by atoms with Crippen LogP contribution in [0, 0.1) is 11.8 Å². The molecule has 1 aliphatic carbocycles. The minimum Gasteiger partial charge on any atom is -0.458 e. The molecule has 0 radical (unpaired) electrons. The van der Waals surface area contributed by atoms with Crippen LogP contribution in [0.1, 0.15) is 104 Å². The number of esters is 1. The SMILES string of the molecule is CC(C)=CCCC(C)CCC(O)/C=C/C=C/C1CCCC/C1=C\c1ccc(COCC(=O)OC(C)(C)C)cc1. The summed E-state index contributed by atoms with van der Waals surface area (Å²) in [6, 6.07) is 8.35. The molecule has 1 aliphatic rings. The van der Waals surface area contributed by atoms with Crippen molar-refractivity contribution in [2.45, 2.75) is 111 Å². The average molecular weight is 537 g/mol. The maximum Gasteiger partial charge on any atom is 0.332 e. The summed E-state index contributed by atoms with van der Waals surface area (Å²) in [5, 5.41) is 10.4. The Hall–Kier alpha value is -2.43. The Kier molecular flexibility index (Phi) is 14.5. The van der Waals surface area contributed by atoms with Gasteiger partial charge in [0.2, 0.25) is 0 Å². The number of aliphatic hydroxyl groups excluding tert-OH is 1. The van der Waals surface area contributed by atoms with Gasteiger partial charge in [-0.2, -0.15) is 0 Å². The molecule has 0 bridgehead atoms. The Morgan fingerprint density at radius 2 is 1.82 bits per heavy atom. The van der Waals surface area contributed by atoms with Crippen LogP contribution in [-0.4, -0.2) is 29.4 Å². The highest BCUT2D eigenvalue weighted by Crippen LogP contribution is 2.32. The first-order valence-corrected chi connectivity index (χ1v) is 14.8. The maximum absolute atomic E-state index is 11.8. The van der Waals surface area contributed by atoms with Crippen LogP contribution in [0.3, 0.4) is 0 Å². The molecule has 1 aromatic carbocycles. The van der Waals surface area contributed by atoms with E-state index in [1.807, 2.05) is 32.9 Å². The highest BCUT2D eigenvalue weighted by molar-refractivity contribution is 5.71. The molecule has 1 aromatic rings. The van der Waals surface area contributed by atoms with Crippen molar-refractivity contribution in [3.8, 4) is 0 Å². The van der Waals surface area contributed by atoms with Gasteiger partial charge in [0.15, 0.2) is 0 Å². The van der Waals surface area contributed by atoms with Gasteiger partial charge in [0, 0.05) is 0 Å². The molecule has 0 heterocycles. The molecule has 4 heteroatoms. The van der Waals surface area contributed by atoms with Gasteiger partial charge in [-0.15, -0.1) is 0 Å². The predicted molar refractivity (Wildman–Crippen MR) is 163 cm³/mol. The first kappa shape index (κ1) is 32.8.